The monoisotopic (exact) mass is 369 g/mol. The van der Waals surface area contributed by atoms with Crippen LogP contribution < -0.4 is 15.5 Å². The zero-order chi connectivity index (χ0) is 16.2. The van der Waals surface area contributed by atoms with Crippen LogP contribution in [0.5, 0.6) is 0 Å². The molecule has 2 N–H and O–H groups in total. The Morgan fingerprint density at radius 2 is 2.08 bits per heavy atom. The highest BCUT2D eigenvalue weighted by molar-refractivity contribution is 6.30. The summed E-state index contributed by atoms with van der Waals surface area (Å²) in [5.41, 5.74) is 2.03. The van der Waals surface area contributed by atoms with E-state index in [0.717, 1.165) is 25.2 Å². The van der Waals surface area contributed by atoms with E-state index >= 15 is 0 Å². The molecule has 0 radical (unpaired) electrons. The van der Waals surface area contributed by atoms with E-state index < -0.39 is 0 Å². The lowest BCUT2D eigenvalue weighted by molar-refractivity contribution is -0.126. The van der Waals surface area contributed by atoms with Crippen molar-refractivity contribution >= 4 is 41.5 Å². The van der Waals surface area contributed by atoms with Gasteiger partial charge in [-0.2, -0.15) is 0 Å². The number of carbonyl (C=O) groups is 2. The van der Waals surface area contributed by atoms with E-state index in [-0.39, 0.29) is 36.6 Å². The van der Waals surface area contributed by atoms with Crippen LogP contribution in [0.4, 0.5) is 5.69 Å². The predicted octanol–water partition coefficient (Wildman–Crippen LogP) is 2.15. The number of nitrogens with one attached hydrogen (secondary N) is 2. The molecule has 5 nitrogen and oxygen atoms in total. The highest BCUT2D eigenvalue weighted by Crippen LogP contribution is 2.26. The Balaban J connectivity index is 0.00000208. The standard InChI is InChI=1S/C17H20ClN3O2.ClH/c18-14-1-3-15(4-2-14)21-11-13(9-16(21)22)17(23)20-10-12-5-7-19-8-6-12;/h1-5,13,19H,6-11H2,(H,20,23);1H. The Morgan fingerprint density at radius 3 is 2.75 bits per heavy atom. The zero-order valence-electron chi connectivity index (χ0n) is 13.3. The molecule has 0 bridgehead atoms. The minimum atomic E-state index is -0.291. The summed E-state index contributed by atoms with van der Waals surface area (Å²) in [5.74, 6) is -0.358. The Labute approximate surface area is 152 Å². The lowest BCUT2D eigenvalue weighted by atomic mass is 10.1. The van der Waals surface area contributed by atoms with Crippen molar-refractivity contribution in [3.63, 3.8) is 0 Å². The van der Waals surface area contributed by atoms with Gasteiger partial charge in [0.15, 0.2) is 0 Å². The average Bonchev–Trinajstić information content (AvgIpc) is 2.96. The molecule has 2 amide bonds. The SMILES string of the molecule is Cl.O=C(NCC1=CCNCC1)C1CC(=O)N(c2ccc(Cl)cc2)C1. The van der Waals surface area contributed by atoms with Crippen molar-refractivity contribution in [3.8, 4) is 0 Å². The van der Waals surface area contributed by atoms with Gasteiger partial charge in [-0.1, -0.05) is 23.3 Å². The van der Waals surface area contributed by atoms with Crippen molar-refractivity contribution in [2.75, 3.05) is 31.1 Å². The smallest absolute Gasteiger partial charge is 0.227 e. The molecule has 2 aliphatic rings. The van der Waals surface area contributed by atoms with Crippen molar-refractivity contribution < 1.29 is 9.59 Å². The maximum absolute atomic E-state index is 12.3. The molecule has 1 fully saturated rings. The molecule has 0 spiro atoms. The lowest BCUT2D eigenvalue weighted by Crippen LogP contribution is -2.35. The van der Waals surface area contributed by atoms with Gasteiger partial charge in [0, 0.05) is 36.8 Å². The number of carbonyl (C=O) groups excluding carboxylic acids is 2. The van der Waals surface area contributed by atoms with Gasteiger partial charge in [0.2, 0.25) is 11.8 Å². The fraction of sp³-hybridized carbons (Fsp3) is 0.412. The summed E-state index contributed by atoms with van der Waals surface area (Å²) in [7, 11) is 0. The van der Waals surface area contributed by atoms with Crippen LogP contribution >= 0.6 is 24.0 Å². The second kappa shape index (κ2) is 8.51. The van der Waals surface area contributed by atoms with Gasteiger partial charge in [0.25, 0.3) is 0 Å². The van der Waals surface area contributed by atoms with E-state index in [0.29, 0.717) is 18.1 Å². The van der Waals surface area contributed by atoms with Crippen LogP contribution in [0.2, 0.25) is 5.02 Å². The molecule has 0 saturated carbocycles. The topological polar surface area (TPSA) is 61.4 Å². The fourth-order valence-electron chi connectivity index (χ4n) is 2.93. The summed E-state index contributed by atoms with van der Waals surface area (Å²) < 4.78 is 0. The summed E-state index contributed by atoms with van der Waals surface area (Å²) in [6, 6.07) is 7.11. The third-order valence-corrected chi connectivity index (χ3v) is 4.53. The van der Waals surface area contributed by atoms with E-state index in [1.54, 1.807) is 29.2 Å². The molecule has 2 heterocycles. The Morgan fingerprint density at radius 1 is 1.33 bits per heavy atom. The number of amides is 2. The minimum Gasteiger partial charge on any atom is -0.352 e. The summed E-state index contributed by atoms with van der Waals surface area (Å²) >= 11 is 5.87. The molecule has 2 aliphatic heterocycles. The number of nitrogens with zero attached hydrogens (tertiary/aromatic N) is 1. The van der Waals surface area contributed by atoms with E-state index in [4.69, 9.17) is 11.6 Å². The molecule has 1 atom stereocenters. The minimum absolute atomic E-state index is 0. The van der Waals surface area contributed by atoms with Crippen molar-refractivity contribution in [1.82, 2.24) is 10.6 Å². The van der Waals surface area contributed by atoms with Gasteiger partial charge in [0.1, 0.15) is 0 Å². The van der Waals surface area contributed by atoms with Gasteiger partial charge in [-0.25, -0.2) is 0 Å². The highest BCUT2D eigenvalue weighted by Gasteiger charge is 2.35. The first-order chi connectivity index (χ1) is 11.1. The normalized spacial score (nSPS) is 20.4. The molecular formula is C17H21Cl2N3O2. The number of halogens is 2. The molecular weight excluding hydrogens is 349 g/mol. The van der Waals surface area contributed by atoms with Crippen molar-refractivity contribution in [1.29, 1.82) is 0 Å². The van der Waals surface area contributed by atoms with Crippen molar-refractivity contribution in [2.45, 2.75) is 12.8 Å². The van der Waals surface area contributed by atoms with E-state index in [2.05, 4.69) is 16.7 Å². The van der Waals surface area contributed by atoms with Gasteiger partial charge >= 0.3 is 0 Å². The average molecular weight is 370 g/mol. The van der Waals surface area contributed by atoms with Gasteiger partial charge in [0.05, 0.1) is 5.92 Å². The largest absolute Gasteiger partial charge is 0.352 e. The van der Waals surface area contributed by atoms with Gasteiger partial charge < -0.3 is 15.5 Å². The van der Waals surface area contributed by atoms with E-state index in [9.17, 15) is 9.59 Å². The van der Waals surface area contributed by atoms with Crippen LogP contribution in [-0.2, 0) is 9.59 Å². The van der Waals surface area contributed by atoms with E-state index in [1.165, 1.54) is 5.57 Å². The number of anilines is 1. The van der Waals surface area contributed by atoms with Crippen LogP contribution in [0.1, 0.15) is 12.8 Å². The second-order valence-corrected chi connectivity index (χ2v) is 6.35. The maximum Gasteiger partial charge on any atom is 0.227 e. The second-order valence-electron chi connectivity index (χ2n) is 5.92. The first-order valence-corrected chi connectivity index (χ1v) is 8.23. The molecule has 1 aromatic rings. The lowest BCUT2D eigenvalue weighted by Gasteiger charge is -2.18. The Hall–Kier alpha value is -1.56. The third-order valence-electron chi connectivity index (χ3n) is 4.28. The molecule has 130 valence electrons. The molecule has 24 heavy (non-hydrogen) atoms. The summed E-state index contributed by atoms with van der Waals surface area (Å²) in [4.78, 5) is 26.1. The van der Waals surface area contributed by atoms with Crippen LogP contribution in [0.25, 0.3) is 0 Å². The number of hydrogen-bond acceptors (Lipinski definition) is 3. The number of rotatable bonds is 4. The third kappa shape index (κ3) is 4.50. The van der Waals surface area contributed by atoms with Gasteiger partial charge in [-0.15, -0.1) is 12.4 Å². The summed E-state index contributed by atoms with van der Waals surface area (Å²) in [6.45, 7) is 2.81. The van der Waals surface area contributed by atoms with Crippen molar-refractivity contribution in [2.24, 2.45) is 5.92 Å². The predicted molar refractivity (Wildman–Crippen MR) is 97.7 cm³/mol. The highest BCUT2D eigenvalue weighted by atomic mass is 35.5. The quantitative estimate of drug-likeness (QED) is 0.799. The Bertz CT molecular complexity index is 631. The molecule has 1 saturated heterocycles. The fourth-order valence-corrected chi connectivity index (χ4v) is 3.05. The maximum atomic E-state index is 12.3. The van der Waals surface area contributed by atoms with Gasteiger partial charge in [-0.3, -0.25) is 9.59 Å². The number of benzene rings is 1. The number of hydrogen-bond donors (Lipinski definition) is 2. The van der Waals surface area contributed by atoms with E-state index in [1.807, 2.05) is 0 Å². The molecule has 7 heteroatoms. The first kappa shape index (κ1) is 18.8. The molecule has 1 aromatic carbocycles. The van der Waals surface area contributed by atoms with Crippen LogP contribution in [0, 0.1) is 5.92 Å². The molecule has 1 unspecified atom stereocenters. The summed E-state index contributed by atoms with van der Waals surface area (Å²) in [5, 5.41) is 6.83. The Kier molecular flexibility index (Phi) is 6.66. The molecule has 0 aliphatic carbocycles. The van der Waals surface area contributed by atoms with Crippen LogP contribution in [0.15, 0.2) is 35.9 Å². The van der Waals surface area contributed by atoms with Gasteiger partial charge in [-0.05, 0) is 37.2 Å². The molecule has 0 aromatic heterocycles. The molecule has 3 rings (SSSR count). The first-order valence-electron chi connectivity index (χ1n) is 7.86. The zero-order valence-corrected chi connectivity index (χ0v) is 14.8. The van der Waals surface area contributed by atoms with Crippen LogP contribution in [-0.4, -0.2) is 38.0 Å². The summed E-state index contributed by atoms with van der Waals surface area (Å²) in [6.07, 6.45) is 3.33. The van der Waals surface area contributed by atoms with Crippen LogP contribution in [0.3, 0.4) is 0 Å². The van der Waals surface area contributed by atoms with Crippen molar-refractivity contribution in [3.05, 3.63) is 40.9 Å².